The van der Waals surface area contributed by atoms with E-state index in [1.807, 2.05) is 43.3 Å². The van der Waals surface area contributed by atoms with Crippen LogP contribution in [0.4, 0.5) is 5.95 Å². The van der Waals surface area contributed by atoms with Crippen LogP contribution < -0.4 is 5.73 Å². The zero-order valence-corrected chi connectivity index (χ0v) is 12.4. The quantitative estimate of drug-likeness (QED) is 0.611. The summed E-state index contributed by atoms with van der Waals surface area (Å²) in [5.74, 6) is 0.805. The number of pyridine rings is 1. The van der Waals surface area contributed by atoms with E-state index in [2.05, 4.69) is 19.9 Å². The number of aromatic nitrogens is 4. The molecule has 0 aliphatic heterocycles. The van der Waals surface area contributed by atoms with E-state index < -0.39 is 0 Å². The summed E-state index contributed by atoms with van der Waals surface area (Å²) in [6, 6.07) is 11.4. The van der Waals surface area contributed by atoms with Crippen molar-refractivity contribution in [3.8, 4) is 22.7 Å². The molecule has 0 unspecified atom stereocenters. The Morgan fingerprint density at radius 2 is 1.91 bits per heavy atom. The fraction of sp³-hybridized carbons (Fsp3) is 0.0588. The van der Waals surface area contributed by atoms with Gasteiger partial charge in [-0.3, -0.25) is 4.98 Å². The topological polar surface area (TPSA) is 90.7 Å². The van der Waals surface area contributed by atoms with E-state index in [9.17, 15) is 0 Å². The summed E-state index contributed by atoms with van der Waals surface area (Å²) in [4.78, 5) is 17.0. The van der Waals surface area contributed by atoms with Crippen LogP contribution in [0, 0.1) is 6.92 Å². The third-order valence-corrected chi connectivity index (χ3v) is 3.46. The van der Waals surface area contributed by atoms with Gasteiger partial charge in [-0.15, -0.1) is 0 Å². The summed E-state index contributed by atoms with van der Waals surface area (Å²) in [7, 11) is 0. The molecule has 1 aromatic carbocycles. The van der Waals surface area contributed by atoms with Gasteiger partial charge in [0.15, 0.2) is 5.58 Å². The highest BCUT2D eigenvalue weighted by atomic mass is 16.3. The van der Waals surface area contributed by atoms with Gasteiger partial charge in [-0.25, -0.2) is 15.0 Å². The summed E-state index contributed by atoms with van der Waals surface area (Å²) in [6.45, 7) is 1.89. The summed E-state index contributed by atoms with van der Waals surface area (Å²) in [5.41, 5.74) is 10.5. The predicted octanol–water partition coefficient (Wildman–Crippen LogP) is 3.24. The average Bonchev–Trinajstić information content (AvgIpc) is 2.98. The van der Waals surface area contributed by atoms with Crippen LogP contribution in [0.1, 0.15) is 5.69 Å². The Morgan fingerprint density at radius 1 is 1.00 bits per heavy atom. The van der Waals surface area contributed by atoms with Crippen LogP contribution in [0.5, 0.6) is 0 Å². The molecule has 0 aliphatic carbocycles. The van der Waals surface area contributed by atoms with Gasteiger partial charge in [-0.2, -0.15) is 0 Å². The molecule has 6 heteroatoms. The minimum atomic E-state index is 0.260. The second kappa shape index (κ2) is 5.17. The summed E-state index contributed by atoms with van der Waals surface area (Å²) < 4.78 is 5.78. The first-order chi connectivity index (χ1) is 11.2. The lowest BCUT2D eigenvalue weighted by molar-refractivity contribution is 0.619. The maximum Gasteiger partial charge on any atom is 0.228 e. The van der Waals surface area contributed by atoms with Gasteiger partial charge in [0.05, 0.1) is 11.3 Å². The highest BCUT2D eigenvalue weighted by Gasteiger charge is 2.10. The Kier molecular flexibility index (Phi) is 3.01. The second-order valence-corrected chi connectivity index (χ2v) is 5.20. The Labute approximate surface area is 132 Å². The third-order valence-electron chi connectivity index (χ3n) is 3.46. The van der Waals surface area contributed by atoms with Gasteiger partial charge >= 0.3 is 0 Å². The normalized spacial score (nSPS) is 11.0. The van der Waals surface area contributed by atoms with E-state index in [1.165, 1.54) is 0 Å². The molecule has 4 aromatic rings. The molecule has 3 heterocycles. The van der Waals surface area contributed by atoms with Crippen molar-refractivity contribution >= 4 is 17.0 Å². The van der Waals surface area contributed by atoms with Crippen molar-refractivity contribution in [1.82, 2.24) is 19.9 Å². The van der Waals surface area contributed by atoms with Crippen molar-refractivity contribution in [2.75, 3.05) is 5.73 Å². The minimum Gasteiger partial charge on any atom is -0.436 e. The molecule has 2 N–H and O–H groups in total. The zero-order valence-electron chi connectivity index (χ0n) is 12.4. The molecule has 0 saturated heterocycles. The van der Waals surface area contributed by atoms with Crippen LogP contribution in [-0.4, -0.2) is 19.9 Å². The number of rotatable bonds is 2. The largest absolute Gasteiger partial charge is 0.436 e. The number of nitrogens with two attached hydrogens (primary N) is 1. The van der Waals surface area contributed by atoms with Gasteiger partial charge in [-0.05, 0) is 43.3 Å². The molecule has 4 rings (SSSR count). The van der Waals surface area contributed by atoms with Crippen molar-refractivity contribution in [3.63, 3.8) is 0 Å². The van der Waals surface area contributed by atoms with Gasteiger partial charge in [0, 0.05) is 23.7 Å². The summed E-state index contributed by atoms with van der Waals surface area (Å²) in [6.07, 6.45) is 3.44. The Morgan fingerprint density at radius 3 is 2.70 bits per heavy atom. The number of anilines is 1. The van der Waals surface area contributed by atoms with Crippen molar-refractivity contribution in [3.05, 3.63) is 54.5 Å². The number of hydrogen-bond acceptors (Lipinski definition) is 6. The molecular weight excluding hydrogens is 290 g/mol. The SMILES string of the molecule is Cc1cc(-c2ccc3oc(-c4cccnc4)nc3c2)nc(N)n1. The third kappa shape index (κ3) is 2.50. The molecule has 3 aromatic heterocycles. The smallest absolute Gasteiger partial charge is 0.228 e. The number of nitrogens with zero attached hydrogens (tertiary/aromatic N) is 4. The molecule has 23 heavy (non-hydrogen) atoms. The lowest BCUT2D eigenvalue weighted by Crippen LogP contribution is -1.98. The van der Waals surface area contributed by atoms with Crippen LogP contribution in [0.3, 0.4) is 0 Å². The van der Waals surface area contributed by atoms with Crippen molar-refractivity contribution in [1.29, 1.82) is 0 Å². The van der Waals surface area contributed by atoms with E-state index in [0.29, 0.717) is 11.5 Å². The summed E-state index contributed by atoms with van der Waals surface area (Å²) in [5, 5.41) is 0. The molecular formula is C17H13N5O. The lowest BCUT2D eigenvalue weighted by atomic mass is 10.1. The first kappa shape index (κ1) is 13.4. The predicted molar refractivity (Wildman–Crippen MR) is 87.4 cm³/mol. The Bertz CT molecular complexity index is 974. The number of benzene rings is 1. The first-order valence-corrected chi connectivity index (χ1v) is 7.11. The van der Waals surface area contributed by atoms with Gasteiger partial charge < -0.3 is 10.2 Å². The molecule has 6 nitrogen and oxygen atoms in total. The number of fused-ring (bicyclic) bond motifs is 1. The highest BCUT2D eigenvalue weighted by molar-refractivity contribution is 5.81. The average molecular weight is 303 g/mol. The first-order valence-electron chi connectivity index (χ1n) is 7.11. The van der Waals surface area contributed by atoms with E-state index >= 15 is 0 Å². The molecule has 0 fully saturated rings. The standard InChI is InChI=1S/C17H13N5O/c1-10-7-13(22-17(18)20-10)11-4-5-15-14(8-11)21-16(23-15)12-3-2-6-19-9-12/h2-9H,1H3,(H2,18,20,22). The fourth-order valence-electron chi connectivity index (χ4n) is 2.44. The van der Waals surface area contributed by atoms with Crippen LogP contribution in [0.2, 0.25) is 0 Å². The van der Waals surface area contributed by atoms with Crippen molar-refractivity contribution < 1.29 is 4.42 Å². The summed E-state index contributed by atoms with van der Waals surface area (Å²) >= 11 is 0. The molecule has 0 atom stereocenters. The fourth-order valence-corrected chi connectivity index (χ4v) is 2.44. The molecule has 0 amide bonds. The van der Waals surface area contributed by atoms with E-state index in [0.717, 1.165) is 28.0 Å². The van der Waals surface area contributed by atoms with Crippen molar-refractivity contribution in [2.45, 2.75) is 6.92 Å². The Hall–Kier alpha value is -3.28. The van der Waals surface area contributed by atoms with Crippen LogP contribution in [-0.2, 0) is 0 Å². The monoisotopic (exact) mass is 303 g/mol. The lowest BCUT2D eigenvalue weighted by Gasteiger charge is -2.02. The van der Waals surface area contributed by atoms with Crippen LogP contribution >= 0.6 is 0 Å². The molecule has 0 radical (unpaired) electrons. The highest BCUT2D eigenvalue weighted by Crippen LogP contribution is 2.27. The maximum absolute atomic E-state index is 5.78. The Balaban J connectivity index is 1.82. The minimum absolute atomic E-state index is 0.260. The molecule has 0 saturated carbocycles. The molecule has 0 bridgehead atoms. The number of aryl methyl sites for hydroxylation is 1. The van der Waals surface area contributed by atoms with Gasteiger partial charge in [0.25, 0.3) is 0 Å². The molecule has 112 valence electrons. The van der Waals surface area contributed by atoms with E-state index in [1.54, 1.807) is 12.4 Å². The number of hydrogen-bond donors (Lipinski definition) is 1. The van der Waals surface area contributed by atoms with E-state index in [4.69, 9.17) is 10.2 Å². The number of nitrogen functional groups attached to an aromatic ring is 1. The molecule has 0 aliphatic rings. The van der Waals surface area contributed by atoms with Gasteiger partial charge in [0.1, 0.15) is 5.52 Å². The second-order valence-electron chi connectivity index (χ2n) is 5.20. The van der Waals surface area contributed by atoms with E-state index in [-0.39, 0.29) is 5.95 Å². The van der Waals surface area contributed by atoms with Gasteiger partial charge in [0.2, 0.25) is 11.8 Å². The van der Waals surface area contributed by atoms with Crippen LogP contribution in [0.25, 0.3) is 33.8 Å². The van der Waals surface area contributed by atoms with Crippen LogP contribution in [0.15, 0.2) is 53.2 Å². The zero-order chi connectivity index (χ0) is 15.8. The number of oxazole rings is 1. The maximum atomic E-state index is 5.78. The molecule has 0 spiro atoms. The van der Waals surface area contributed by atoms with Crippen molar-refractivity contribution in [2.24, 2.45) is 0 Å². The van der Waals surface area contributed by atoms with Gasteiger partial charge in [-0.1, -0.05) is 0 Å².